The normalized spacial score (nSPS) is 17.8. The summed E-state index contributed by atoms with van der Waals surface area (Å²) >= 11 is 0. The highest BCUT2D eigenvalue weighted by molar-refractivity contribution is 6.01. The van der Waals surface area contributed by atoms with Crippen LogP contribution in [0.5, 0.6) is 5.75 Å². The van der Waals surface area contributed by atoms with E-state index in [1.54, 1.807) is 0 Å². The van der Waals surface area contributed by atoms with E-state index in [0.29, 0.717) is 18.9 Å². The summed E-state index contributed by atoms with van der Waals surface area (Å²) in [6.07, 6.45) is 4.00. The maximum atomic E-state index is 12.4. The summed E-state index contributed by atoms with van der Waals surface area (Å²) in [5.41, 5.74) is 4.05. The van der Waals surface area contributed by atoms with Gasteiger partial charge in [0.05, 0.1) is 6.61 Å². The highest BCUT2D eigenvalue weighted by atomic mass is 16.5. The van der Waals surface area contributed by atoms with Crippen molar-refractivity contribution in [1.82, 2.24) is 0 Å². The molecule has 1 unspecified atom stereocenters. The van der Waals surface area contributed by atoms with Crippen LogP contribution in [0.25, 0.3) is 6.08 Å². The molecule has 5 nitrogen and oxygen atoms in total. The molecule has 1 atom stereocenters. The van der Waals surface area contributed by atoms with E-state index in [-0.39, 0.29) is 6.03 Å². The minimum atomic E-state index is -0.475. The first-order valence-electron chi connectivity index (χ1n) is 9.14. The fraction of sp³-hybridized carbons (Fsp3) is 0.318. The third kappa shape index (κ3) is 4.49. The van der Waals surface area contributed by atoms with Gasteiger partial charge in [0.25, 0.3) is 0 Å². The van der Waals surface area contributed by atoms with E-state index >= 15 is 0 Å². The molecule has 2 N–H and O–H groups in total. The molecule has 0 spiro atoms. The molecule has 0 fully saturated rings. The summed E-state index contributed by atoms with van der Waals surface area (Å²) in [4.78, 5) is 12.4. The van der Waals surface area contributed by atoms with Crippen LogP contribution < -0.4 is 15.4 Å². The third-order valence-corrected chi connectivity index (χ3v) is 4.54. The Balaban J connectivity index is 1.69. The number of hydrogen-bond acceptors (Lipinski definition) is 3. The monoisotopic (exact) mass is 366 g/mol. The van der Waals surface area contributed by atoms with Crippen LogP contribution in [-0.4, -0.2) is 24.8 Å². The molecule has 1 heterocycles. The van der Waals surface area contributed by atoms with Crippen molar-refractivity contribution >= 4 is 23.5 Å². The number of rotatable bonds is 5. The molecule has 2 aromatic carbocycles. The zero-order valence-electron chi connectivity index (χ0n) is 16.3. The van der Waals surface area contributed by atoms with Crippen molar-refractivity contribution in [3.8, 4) is 5.75 Å². The first-order valence-corrected chi connectivity index (χ1v) is 9.14. The Morgan fingerprint density at radius 2 is 1.89 bits per heavy atom. The molecular formula is C22H26N2O3. The maximum absolute atomic E-state index is 12.4. The van der Waals surface area contributed by atoms with E-state index in [4.69, 9.17) is 9.47 Å². The van der Waals surface area contributed by atoms with E-state index in [2.05, 4.69) is 10.6 Å². The molecule has 3 rings (SSSR count). The largest absolute Gasteiger partial charge is 0.480 e. The first-order chi connectivity index (χ1) is 12.9. The Labute approximate surface area is 160 Å². The van der Waals surface area contributed by atoms with Gasteiger partial charge < -0.3 is 20.1 Å². The molecule has 0 aliphatic carbocycles. The van der Waals surface area contributed by atoms with Crippen molar-refractivity contribution in [2.75, 3.05) is 23.8 Å². The van der Waals surface area contributed by atoms with Gasteiger partial charge in [-0.15, -0.1) is 0 Å². The molecule has 0 aromatic heterocycles. The Morgan fingerprint density at radius 3 is 2.59 bits per heavy atom. The number of hydrogen-bond donors (Lipinski definition) is 2. The lowest BCUT2D eigenvalue weighted by Gasteiger charge is -2.31. The summed E-state index contributed by atoms with van der Waals surface area (Å²) < 4.78 is 11.6. The Bertz CT molecular complexity index is 856. The maximum Gasteiger partial charge on any atom is 0.323 e. The number of anilines is 2. The van der Waals surface area contributed by atoms with E-state index in [9.17, 15) is 4.79 Å². The number of carbonyl (C=O) groups excluding carboxylic acids is 1. The number of aryl methyl sites for hydroxylation is 2. The van der Waals surface area contributed by atoms with Gasteiger partial charge in [-0.1, -0.05) is 24.3 Å². The molecule has 0 saturated carbocycles. The second kappa shape index (κ2) is 7.84. The average molecular weight is 366 g/mol. The third-order valence-electron chi connectivity index (χ3n) is 4.54. The quantitative estimate of drug-likeness (QED) is 0.769. The molecule has 5 heteroatoms. The molecule has 27 heavy (non-hydrogen) atoms. The summed E-state index contributed by atoms with van der Waals surface area (Å²) in [5.74, 6) is 0.778. The number of carbonyl (C=O) groups is 1. The second-order valence-electron chi connectivity index (χ2n) is 6.98. The number of para-hydroxylation sites is 1. The van der Waals surface area contributed by atoms with E-state index in [0.717, 1.165) is 28.1 Å². The van der Waals surface area contributed by atoms with Gasteiger partial charge in [0.15, 0.2) is 0 Å². The number of amides is 2. The molecule has 1 aliphatic rings. The zero-order valence-corrected chi connectivity index (χ0v) is 16.3. The first kappa shape index (κ1) is 19.0. The van der Waals surface area contributed by atoms with Gasteiger partial charge >= 0.3 is 6.03 Å². The number of fused-ring (bicyclic) bond motifs is 1. The lowest BCUT2D eigenvalue weighted by molar-refractivity contribution is 0.0188. The predicted octanol–water partition coefficient (Wildman–Crippen LogP) is 5.15. The minimum absolute atomic E-state index is 0.269. The molecule has 2 aromatic rings. The second-order valence-corrected chi connectivity index (χ2v) is 6.98. The summed E-state index contributed by atoms with van der Waals surface area (Å²) in [6, 6.07) is 11.3. The van der Waals surface area contributed by atoms with Crippen molar-refractivity contribution in [2.24, 2.45) is 0 Å². The molecular weight excluding hydrogens is 340 g/mol. The molecule has 0 bridgehead atoms. The number of benzene rings is 2. The average Bonchev–Trinajstić information content (AvgIpc) is 2.63. The SMILES string of the molecule is CCOCC1(C)C=Cc2cc(NC(=O)Nc3c(C)cccc3C)ccc2O1. The Kier molecular flexibility index (Phi) is 5.51. The van der Waals surface area contributed by atoms with Crippen molar-refractivity contribution in [3.63, 3.8) is 0 Å². The van der Waals surface area contributed by atoms with E-state index in [1.807, 2.05) is 76.2 Å². The molecule has 1 aliphatic heterocycles. The Morgan fingerprint density at radius 1 is 1.15 bits per heavy atom. The lowest BCUT2D eigenvalue weighted by Crippen LogP contribution is -2.37. The molecule has 0 saturated heterocycles. The lowest BCUT2D eigenvalue weighted by atomic mass is 10.0. The predicted molar refractivity (Wildman–Crippen MR) is 110 cm³/mol. The fourth-order valence-corrected chi connectivity index (χ4v) is 3.07. The van der Waals surface area contributed by atoms with Crippen molar-refractivity contribution in [3.05, 3.63) is 59.2 Å². The van der Waals surface area contributed by atoms with E-state index in [1.165, 1.54) is 0 Å². The van der Waals surface area contributed by atoms with Crippen LogP contribution in [-0.2, 0) is 4.74 Å². The highest BCUT2D eigenvalue weighted by Crippen LogP contribution is 2.33. The number of nitrogens with one attached hydrogen (secondary N) is 2. The standard InChI is InChI=1S/C22H26N2O3/c1-5-26-14-22(4)12-11-17-13-18(9-10-19(17)27-22)23-21(25)24-20-15(2)7-6-8-16(20)3/h6-13H,5,14H2,1-4H3,(H2,23,24,25). The van der Waals surface area contributed by atoms with Crippen LogP contribution in [0.2, 0.25) is 0 Å². The summed E-state index contributed by atoms with van der Waals surface area (Å²) in [5, 5.41) is 5.81. The Hall–Kier alpha value is -2.79. The van der Waals surface area contributed by atoms with Crippen LogP contribution in [0.15, 0.2) is 42.5 Å². The van der Waals surface area contributed by atoms with Gasteiger partial charge in [-0.2, -0.15) is 0 Å². The van der Waals surface area contributed by atoms with Gasteiger partial charge in [0.2, 0.25) is 0 Å². The fourth-order valence-electron chi connectivity index (χ4n) is 3.07. The van der Waals surface area contributed by atoms with Crippen LogP contribution in [0, 0.1) is 13.8 Å². The van der Waals surface area contributed by atoms with Crippen molar-refractivity contribution in [1.29, 1.82) is 0 Å². The van der Waals surface area contributed by atoms with E-state index < -0.39 is 5.60 Å². The van der Waals surface area contributed by atoms with Crippen LogP contribution in [0.1, 0.15) is 30.5 Å². The van der Waals surface area contributed by atoms with Gasteiger partial charge in [-0.25, -0.2) is 4.79 Å². The summed E-state index contributed by atoms with van der Waals surface area (Å²) in [6.45, 7) is 9.05. The van der Waals surface area contributed by atoms with Gasteiger partial charge in [-0.3, -0.25) is 0 Å². The van der Waals surface area contributed by atoms with Crippen molar-refractivity contribution in [2.45, 2.75) is 33.3 Å². The minimum Gasteiger partial charge on any atom is -0.480 e. The number of urea groups is 1. The smallest absolute Gasteiger partial charge is 0.323 e. The van der Waals surface area contributed by atoms with Gasteiger partial charge in [-0.05, 0) is 63.1 Å². The summed E-state index contributed by atoms with van der Waals surface area (Å²) in [7, 11) is 0. The van der Waals surface area contributed by atoms with Gasteiger partial charge in [0, 0.05) is 23.5 Å². The van der Waals surface area contributed by atoms with Crippen LogP contribution in [0.4, 0.5) is 16.2 Å². The highest BCUT2D eigenvalue weighted by Gasteiger charge is 2.27. The topological polar surface area (TPSA) is 59.6 Å². The van der Waals surface area contributed by atoms with Crippen LogP contribution in [0.3, 0.4) is 0 Å². The van der Waals surface area contributed by atoms with Crippen molar-refractivity contribution < 1.29 is 14.3 Å². The number of ether oxygens (including phenoxy) is 2. The van der Waals surface area contributed by atoms with Gasteiger partial charge in [0.1, 0.15) is 11.4 Å². The molecule has 142 valence electrons. The molecule has 0 radical (unpaired) electrons. The zero-order chi connectivity index (χ0) is 19.4. The van der Waals surface area contributed by atoms with Crippen LogP contribution >= 0.6 is 0 Å². The molecule has 2 amide bonds.